The Labute approximate surface area is 112 Å². The molecule has 0 aliphatic heterocycles. The fourth-order valence-electron chi connectivity index (χ4n) is 1.12. The van der Waals surface area contributed by atoms with Crippen LogP contribution in [0.3, 0.4) is 0 Å². The molecule has 20 heavy (non-hydrogen) atoms. The summed E-state index contributed by atoms with van der Waals surface area (Å²) >= 11 is 0. The molecule has 0 aliphatic carbocycles. The summed E-state index contributed by atoms with van der Waals surface area (Å²) in [5.41, 5.74) is -1.39. The second kappa shape index (κ2) is 5.54. The molecule has 1 aromatic carbocycles. The summed E-state index contributed by atoms with van der Waals surface area (Å²) in [7, 11) is -10.2. The average molecular weight is 326 g/mol. The summed E-state index contributed by atoms with van der Waals surface area (Å²) in [4.78, 5) is 22.7. The van der Waals surface area contributed by atoms with Crippen molar-refractivity contribution in [2.24, 2.45) is 0 Å². The SMILES string of the molecule is O=C(OS(=O)(=O)O)c1ccccc1C(=O)OS(=O)(=O)O. The minimum Gasteiger partial charge on any atom is -0.320 e. The predicted molar refractivity (Wildman–Crippen MR) is 60.4 cm³/mol. The van der Waals surface area contributed by atoms with E-state index in [-0.39, 0.29) is 0 Å². The van der Waals surface area contributed by atoms with Crippen molar-refractivity contribution in [3.05, 3.63) is 35.4 Å². The molecule has 110 valence electrons. The number of hydrogen-bond donors (Lipinski definition) is 2. The van der Waals surface area contributed by atoms with Crippen molar-refractivity contribution >= 4 is 32.7 Å². The second-order valence-corrected chi connectivity index (χ2v) is 5.19. The number of carbonyl (C=O) groups excluding carboxylic acids is 2. The lowest BCUT2D eigenvalue weighted by Gasteiger charge is -2.06. The van der Waals surface area contributed by atoms with Gasteiger partial charge in [0.1, 0.15) is 0 Å². The Morgan fingerprint density at radius 2 is 1.10 bits per heavy atom. The molecule has 0 unspecified atom stereocenters. The van der Waals surface area contributed by atoms with Gasteiger partial charge in [0, 0.05) is 0 Å². The molecule has 0 fully saturated rings. The molecule has 2 N–H and O–H groups in total. The number of rotatable bonds is 4. The van der Waals surface area contributed by atoms with Gasteiger partial charge in [0.25, 0.3) is 0 Å². The monoisotopic (exact) mass is 326 g/mol. The van der Waals surface area contributed by atoms with Crippen molar-refractivity contribution in [2.75, 3.05) is 0 Å². The van der Waals surface area contributed by atoms with Crippen LogP contribution in [0.2, 0.25) is 0 Å². The molecule has 0 bridgehead atoms. The van der Waals surface area contributed by atoms with Crippen molar-refractivity contribution in [1.29, 1.82) is 0 Å². The molecular weight excluding hydrogens is 320 g/mol. The van der Waals surface area contributed by atoms with E-state index in [4.69, 9.17) is 9.11 Å². The van der Waals surface area contributed by atoms with Crippen LogP contribution in [0.1, 0.15) is 20.7 Å². The highest BCUT2D eigenvalue weighted by Gasteiger charge is 2.25. The normalized spacial score (nSPS) is 11.7. The van der Waals surface area contributed by atoms with Gasteiger partial charge in [0.2, 0.25) is 0 Å². The van der Waals surface area contributed by atoms with E-state index in [0.717, 1.165) is 12.1 Å². The first-order valence-corrected chi connectivity index (χ1v) is 7.24. The van der Waals surface area contributed by atoms with Gasteiger partial charge in [-0.2, -0.15) is 16.8 Å². The summed E-state index contributed by atoms with van der Waals surface area (Å²) in [5, 5.41) is 0. The van der Waals surface area contributed by atoms with Crippen LogP contribution in [0.15, 0.2) is 24.3 Å². The smallest absolute Gasteiger partial charge is 0.320 e. The maximum absolute atomic E-state index is 11.4. The standard InChI is InChI=1S/C8H6O10S2/c9-7(17-19(11,12)13)5-3-1-2-4-6(5)8(10)18-20(14,15)16/h1-4H,(H,11,12,13)(H,14,15,16). The lowest BCUT2D eigenvalue weighted by atomic mass is 10.1. The molecule has 0 radical (unpaired) electrons. The number of hydrogen-bond acceptors (Lipinski definition) is 8. The molecule has 0 amide bonds. The van der Waals surface area contributed by atoms with Crippen LogP contribution in [0, 0.1) is 0 Å². The third-order valence-corrected chi connectivity index (χ3v) is 2.45. The van der Waals surface area contributed by atoms with Gasteiger partial charge >= 0.3 is 32.7 Å². The minimum atomic E-state index is -5.12. The Balaban J connectivity index is 3.18. The molecular formula is C8H6O10S2. The lowest BCUT2D eigenvalue weighted by Crippen LogP contribution is -2.18. The average Bonchev–Trinajstić information content (AvgIpc) is 2.24. The largest absolute Gasteiger partial charge is 0.449 e. The molecule has 0 atom stereocenters. The molecule has 0 spiro atoms. The quantitative estimate of drug-likeness (QED) is 0.696. The van der Waals surface area contributed by atoms with Gasteiger partial charge in [-0.1, -0.05) is 12.1 Å². The molecule has 0 aliphatic rings. The van der Waals surface area contributed by atoms with Gasteiger partial charge in [-0.15, -0.1) is 0 Å². The summed E-state index contributed by atoms with van der Waals surface area (Å²) in [6, 6.07) is 4.22. The number of carbonyl (C=O) groups is 2. The third-order valence-electron chi connectivity index (χ3n) is 1.73. The molecule has 12 heteroatoms. The Hall–Kier alpha value is -2.02. The van der Waals surface area contributed by atoms with Gasteiger partial charge in [0.15, 0.2) is 0 Å². The summed E-state index contributed by atoms with van der Waals surface area (Å²) in [5.74, 6) is -3.29. The van der Waals surface area contributed by atoms with Crippen LogP contribution in [0.4, 0.5) is 0 Å². The highest BCUT2D eigenvalue weighted by molar-refractivity contribution is 7.81. The summed E-state index contributed by atoms with van der Waals surface area (Å²) in [6.07, 6.45) is 0. The highest BCUT2D eigenvalue weighted by atomic mass is 32.3. The lowest BCUT2D eigenvalue weighted by molar-refractivity contribution is 0.0681. The van der Waals surface area contributed by atoms with E-state index in [1.807, 2.05) is 0 Å². The molecule has 0 aromatic heterocycles. The summed E-state index contributed by atoms with van der Waals surface area (Å²) < 4.78 is 65.5. The van der Waals surface area contributed by atoms with E-state index >= 15 is 0 Å². The molecule has 0 heterocycles. The van der Waals surface area contributed by atoms with E-state index in [1.54, 1.807) is 0 Å². The maximum atomic E-state index is 11.4. The van der Waals surface area contributed by atoms with Crippen LogP contribution < -0.4 is 0 Å². The van der Waals surface area contributed by atoms with Crippen LogP contribution in [-0.4, -0.2) is 37.9 Å². The Bertz CT molecular complexity index is 680. The van der Waals surface area contributed by atoms with E-state index in [1.165, 1.54) is 12.1 Å². The van der Waals surface area contributed by atoms with E-state index in [9.17, 15) is 26.4 Å². The highest BCUT2D eigenvalue weighted by Crippen LogP contribution is 2.13. The molecule has 0 saturated carbocycles. The zero-order valence-electron chi connectivity index (χ0n) is 9.29. The van der Waals surface area contributed by atoms with Crippen LogP contribution in [0.25, 0.3) is 0 Å². The van der Waals surface area contributed by atoms with Crippen molar-refractivity contribution in [3.8, 4) is 0 Å². The van der Waals surface area contributed by atoms with Crippen LogP contribution in [-0.2, 0) is 29.2 Å². The molecule has 10 nitrogen and oxygen atoms in total. The molecule has 0 saturated heterocycles. The van der Waals surface area contributed by atoms with Gasteiger partial charge in [0.05, 0.1) is 11.1 Å². The number of benzene rings is 1. The zero-order valence-corrected chi connectivity index (χ0v) is 10.9. The Kier molecular flexibility index (Phi) is 4.44. The third kappa shape index (κ3) is 4.93. The topological polar surface area (TPSA) is 161 Å². The van der Waals surface area contributed by atoms with Crippen molar-refractivity contribution in [3.63, 3.8) is 0 Å². The van der Waals surface area contributed by atoms with Crippen LogP contribution in [0.5, 0.6) is 0 Å². The Morgan fingerprint density at radius 3 is 1.35 bits per heavy atom. The van der Waals surface area contributed by atoms with Gasteiger partial charge < -0.3 is 8.37 Å². The van der Waals surface area contributed by atoms with E-state index < -0.39 is 43.9 Å². The first-order valence-electron chi connectivity index (χ1n) is 4.51. The second-order valence-electron chi connectivity index (χ2n) is 3.14. The summed E-state index contributed by atoms with van der Waals surface area (Å²) in [6.45, 7) is 0. The van der Waals surface area contributed by atoms with E-state index in [2.05, 4.69) is 8.37 Å². The predicted octanol–water partition coefficient (Wildman–Crippen LogP) is -0.394. The zero-order chi connectivity index (χ0) is 15.6. The van der Waals surface area contributed by atoms with Gasteiger partial charge in [-0.25, -0.2) is 9.59 Å². The fraction of sp³-hybridized carbons (Fsp3) is 0. The Morgan fingerprint density at radius 1 is 0.800 bits per heavy atom. The van der Waals surface area contributed by atoms with Gasteiger partial charge in [-0.05, 0) is 12.1 Å². The van der Waals surface area contributed by atoms with E-state index in [0.29, 0.717) is 0 Å². The molecule has 1 aromatic rings. The van der Waals surface area contributed by atoms with Crippen LogP contribution >= 0.6 is 0 Å². The first kappa shape index (κ1) is 16.0. The van der Waals surface area contributed by atoms with Gasteiger partial charge in [-0.3, -0.25) is 9.11 Å². The maximum Gasteiger partial charge on any atom is 0.449 e. The van der Waals surface area contributed by atoms with Crippen molar-refractivity contribution < 1.29 is 43.9 Å². The first-order chi connectivity index (χ1) is 8.99. The molecule has 1 rings (SSSR count). The van der Waals surface area contributed by atoms with Crippen molar-refractivity contribution in [1.82, 2.24) is 0 Å². The fourth-order valence-corrected chi connectivity index (χ4v) is 1.68. The minimum absolute atomic E-state index is 0.696. The van der Waals surface area contributed by atoms with Crippen molar-refractivity contribution in [2.45, 2.75) is 0 Å².